The predicted molar refractivity (Wildman–Crippen MR) is 123 cm³/mol. The Hall–Kier alpha value is -2.83. The van der Waals surface area contributed by atoms with Gasteiger partial charge < -0.3 is 14.5 Å². The summed E-state index contributed by atoms with van der Waals surface area (Å²) in [7, 11) is 0. The van der Waals surface area contributed by atoms with E-state index in [0.717, 1.165) is 11.6 Å². The summed E-state index contributed by atoms with van der Waals surface area (Å²) in [5.41, 5.74) is 1.59. The SMILES string of the molecule is Cc1ccc(Oc2cc(N3CCN(C(=O)c4cc(Cl)ccc4Cl)CC3)nc(C)n2)cc1. The van der Waals surface area contributed by atoms with Crippen molar-refractivity contribution in [3.8, 4) is 11.6 Å². The van der Waals surface area contributed by atoms with Crippen molar-refractivity contribution in [1.82, 2.24) is 14.9 Å². The van der Waals surface area contributed by atoms with E-state index >= 15 is 0 Å². The summed E-state index contributed by atoms with van der Waals surface area (Å²) in [5.74, 6) is 2.51. The lowest BCUT2D eigenvalue weighted by atomic mass is 10.1. The van der Waals surface area contributed by atoms with Gasteiger partial charge in [0.1, 0.15) is 17.4 Å². The molecule has 160 valence electrons. The van der Waals surface area contributed by atoms with Crippen molar-refractivity contribution in [3.05, 3.63) is 75.5 Å². The highest BCUT2D eigenvalue weighted by Gasteiger charge is 2.25. The normalized spacial score (nSPS) is 13.9. The first-order valence-corrected chi connectivity index (χ1v) is 10.7. The fraction of sp³-hybridized carbons (Fsp3) is 0.261. The molecule has 1 aromatic heterocycles. The van der Waals surface area contributed by atoms with Crippen LogP contribution in [0.5, 0.6) is 11.6 Å². The lowest BCUT2D eigenvalue weighted by Gasteiger charge is -2.35. The van der Waals surface area contributed by atoms with Crippen LogP contribution in [-0.2, 0) is 0 Å². The molecule has 6 nitrogen and oxygen atoms in total. The molecule has 8 heteroatoms. The third-order valence-electron chi connectivity index (χ3n) is 5.09. The minimum absolute atomic E-state index is 0.116. The Morgan fingerprint density at radius 3 is 2.35 bits per heavy atom. The molecule has 31 heavy (non-hydrogen) atoms. The van der Waals surface area contributed by atoms with E-state index in [2.05, 4.69) is 14.9 Å². The molecule has 0 spiro atoms. The zero-order chi connectivity index (χ0) is 22.0. The lowest BCUT2D eigenvalue weighted by Crippen LogP contribution is -2.49. The zero-order valence-electron chi connectivity index (χ0n) is 17.3. The second-order valence-electron chi connectivity index (χ2n) is 7.43. The van der Waals surface area contributed by atoms with Gasteiger partial charge >= 0.3 is 0 Å². The molecular weight excluding hydrogens is 435 g/mol. The number of benzene rings is 2. The van der Waals surface area contributed by atoms with Crippen molar-refractivity contribution in [3.63, 3.8) is 0 Å². The van der Waals surface area contributed by atoms with Crippen molar-refractivity contribution >= 4 is 34.9 Å². The van der Waals surface area contributed by atoms with E-state index in [1.165, 1.54) is 5.56 Å². The van der Waals surface area contributed by atoms with Crippen LogP contribution in [0.1, 0.15) is 21.7 Å². The molecule has 1 aliphatic rings. The molecule has 0 unspecified atom stereocenters. The van der Waals surface area contributed by atoms with Gasteiger partial charge in [-0.2, -0.15) is 4.98 Å². The molecule has 0 bridgehead atoms. The lowest BCUT2D eigenvalue weighted by molar-refractivity contribution is 0.0746. The highest BCUT2D eigenvalue weighted by atomic mass is 35.5. The van der Waals surface area contributed by atoms with E-state index in [1.54, 1.807) is 23.1 Å². The van der Waals surface area contributed by atoms with Crippen LogP contribution in [0.15, 0.2) is 48.5 Å². The van der Waals surface area contributed by atoms with Gasteiger partial charge in [0.05, 0.1) is 10.6 Å². The van der Waals surface area contributed by atoms with Crippen molar-refractivity contribution in [2.75, 3.05) is 31.1 Å². The summed E-state index contributed by atoms with van der Waals surface area (Å²) >= 11 is 12.2. The van der Waals surface area contributed by atoms with Gasteiger partial charge in [0.15, 0.2) is 0 Å². The van der Waals surface area contributed by atoms with Crippen LogP contribution in [0.2, 0.25) is 10.0 Å². The molecule has 0 saturated carbocycles. The molecule has 1 aliphatic heterocycles. The van der Waals surface area contributed by atoms with Crippen molar-refractivity contribution in [1.29, 1.82) is 0 Å². The molecule has 3 aromatic rings. The second-order valence-corrected chi connectivity index (χ2v) is 8.27. The van der Waals surface area contributed by atoms with Gasteiger partial charge in [-0.25, -0.2) is 4.98 Å². The third-order valence-corrected chi connectivity index (χ3v) is 5.66. The number of hydrogen-bond donors (Lipinski definition) is 0. The van der Waals surface area contributed by atoms with E-state index in [4.69, 9.17) is 27.9 Å². The summed E-state index contributed by atoms with van der Waals surface area (Å²) in [6, 6.07) is 14.6. The van der Waals surface area contributed by atoms with Gasteiger partial charge in [-0.1, -0.05) is 40.9 Å². The summed E-state index contributed by atoms with van der Waals surface area (Å²) in [5, 5.41) is 0.894. The summed E-state index contributed by atoms with van der Waals surface area (Å²) in [6.45, 7) is 6.26. The van der Waals surface area contributed by atoms with Gasteiger partial charge in [-0.15, -0.1) is 0 Å². The minimum atomic E-state index is -0.116. The zero-order valence-corrected chi connectivity index (χ0v) is 18.8. The number of nitrogens with zero attached hydrogens (tertiary/aromatic N) is 4. The maximum Gasteiger partial charge on any atom is 0.255 e. The number of carbonyl (C=O) groups is 1. The fourth-order valence-corrected chi connectivity index (χ4v) is 3.81. The predicted octanol–water partition coefficient (Wildman–Crippen LogP) is 5.15. The van der Waals surface area contributed by atoms with Crippen LogP contribution >= 0.6 is 23.2 Å². The van der Waals surface area contributed by atoms with Crippen LogP contribution in [0.4, 0.5) is 5.82 Å². The number of amides is 1. The number of halogens is 2. The Morgan fingerprint density at radius 2 is 1.65 bits per heavy atom. The maximum absolute atomic E-state index is 12.9. The molecule has 0 atom stereocenters. The molecule has 4 rings (SSSR count). The number of rotatable bonds is 4. The van der Waals surface area contributed by atoms with E-state index in [-0.39, 0.29) is 5.91 Å². The van der Waals surface area contributed by atoms with Crippen LogP contribution < -0.4 is 9.64 Å². The van der Waals surface area contributed by atoms with Crippen LogP contribution in [0, 0.1) is 13.8 Å². The monoisotopic (exact) mass is 456 g/mol. The third kappa shape index (κ3) is 5.09. The van der Waals surface area contributed by atoms with E-state index in [1.807, 2.05) is 44.2 Å². The van der Waals surface area contributed by atoms with Crippen molar-refractivity contribution in [2.45, 2.75) is 13.8 Å². The molecular formula is C23H22Cl2N4O2. The van der Waals surface area contributed by atoms with Crippen LogP contribution in [0.25, 0.3) is 0 Å². The van der Waals surface area contributed by atoms with Gasteiger partial charge in [0.2, 0.25) is 5.88 Å². The van der Waals surface area contributed by atoms with Gasteiger partial charge in [-0.05, 0) is 44.2 Å². The number of aromatic nitrogens is 2. The fourth-order valence-electron chi connectivity index (χ4n) is 3.44. The van der Waals surface area contributed by atoms with Crippen LogP contribution in [-0.4, -0.2) is 47.0 Å². The van der Waals surface area contributed by atoms with Crippen molar-refractivity contribution < 1.29 is 9.53 Å². The number of carbonyl (C=O) groups excluding carboxylic acids is 1. The first-order chi connectivity index (χ1) is 14.9. The first kappa shape index (κ1) is 21.4. The van der Waals surface area contributed by atoms with E-state index in [0.29, 0.717) is 53.5 Å². The van der Waals surface area contributed by atoms with Crippen molar-refractivity contribution in [2.24, 2.45) is 0 Å². The number of piperazine rings is 1. The largest absolute Gasteiger partial charge is 0.439 e. The second kappa shape index (κ2) is 9.12. The van der Waals surface area contributed by atoms with E-state index in [9.17, 15) is 4.79 Å². The Labute approximate surface area is 191 Å². The molecule has 1 saturated heterocycles. The molecule has 0 radical (unpaired) electrons. The average Bonchev–Trinajstić information content (AvgIpc) is 2.76. The molecule has 2 heterocycles. The molecule has 1 fully saturated rings. The number of ether oxygens (including phenoxy) is 1. The van der Waals surface area contributed by atoms with Gasteiger partial charge in [0.25, 0.3) is 5.91 Å². The Kier molecular flexibility index (Phi) is 6.30. The summed E-state index contributed by atoms with van der Waals surface area (Å²) in [6.07, 6.45) is 0. The quantitative estimate of drug-likeness (QED) is 0.542. The number of aryl methyl sites for hydroxylation is 2. The minimum Gasteiger partial charge on any atom is -0.439 e. The molecule has 1 amide bonds. The maximum atomic E-state index is 12.9. The standard InChI is InChI=1S/C23H22Cl2N4O2/c1-15-3-6-18(7-4-15)31-22-14-21(26-16(2)27-22)28-9-11-29(12-10-28)23(30)19-13-17(24)5-8-20(19)25/h3-8,13-14H,9-12H2,1-2H3. The average molecular weight is 457 g/mol. The number of hydrogen-bond acceptors (Lipinski definition) is 5. The Balaban J connectivity index is 1.45. The topological polar surface area (TPSA) is 58.6 Å². The number of anilines is 1. The highest BCUT2D eigenvalue weighted by molar-refractivity contribution is 6.35. The van der Waals surface area contributed by atoms with Crippen LogP contribution in [0.3, 0.4) is 0 Å². The van der Waals surface area contributed by atoms with Gasteiger partial charge in [-0.3, -0.25) is 4.79 Å². The highest BCUT2D eigenvalue weighted by Crippen LogP contribution is 2.26. The van der Waals surface area contributed by atoms with Gasteiger partial charge in [0, 0.05) is 37.3 Å². The Morgan fingerprint density at radius 1 is 0.935 bits per heavy atom. The first-order valence-electron chi connectivity index (χ1n) is 9.98. The van der Waals surface area contributed by atoms with E-state index < -0.39 is 0 Å². The summed E-state index contributed by atoms with van der Waals surface area (Å²) < 4.78 is 5.92. The molecule has 0 N–H and O–H groups in total. The summed E-state index contributed by atoms with van der Waals surface area (Å²) in [4.78, 5) is 25.7. The molecule has 2 aromatic carbocycles. The molecule has 0 aliphatic carbocycles. The Bertz CT molecular complexity index is 1100. The smallest absolute Gasteiger partial charge is 0.255 e.